The molecule has 0 aliphatic heterocycles. The highest BCUT2D eigenvalue weighted by atomic mass is 16.1. The average molecular weight is 324 g/mol. The maximum atomic E-state index is 12.1. The summed E-state index contributed by atoms with van der Waals surface area (Å²) in [6, 6.07) is 21.1. The Hall–Kier alpha value is -2.13. The van der Waals surface area contributed by atoms with Crippen LogP contribution in [-0.2, 0) is 17.8 Å². The monoisotopic (exact) mass is 324 g/mol. The highest BCUT2D eigenvalue weighted by molar-refractivity contribution is 5.76. The van der Waals surface area contributed by atoms with Gasteiger partial charge in [-0.3, -0.25) is 9.69 Å². The van der Waals surface area contributed by atoms with Crippen molar-refractivity contribution in [2.24, 2.45) is 0 Å². The van der Waals surface area contributed by atoms with E-state index in [4.69, 9.17) is 0 Å². The molecule has 0 spiro atoms. The number of amides is 1. The molecule has 0 aromatic heterocycles. The Kier molecular flexibility index (Phi) is 7.50. The highest BCUT2D eigenvalue weighted by Crippen LogP contribution is 2.08. The Morgan fingerprint density at radius 3 is 2.12 bits per heavy atom. The van der Waals surface area contributed by atoms with Gasteiger partial charge in [-0.1, -0.05) is 60.7 Å². The Balaban J connectivity index is 1.72. The SMILES string of the molecule is CC(C)N(CCC(=O)NCCc1ccccc1)Cc1ccccc1. The number of hydrogen-bond donors (Lipinski definition) is 1. The molecule has 0 aliphatic carbocycles. The van der Waals surface area contributed by atoms with Gasteiger partial charge in [0.2, 0.25) is 5.91 Å². The topological polar surface area (TPSA) is 32.3 Å². The van der Waals surface area contributed by atoms with Gasteiger partial charge in [0.05, 0.1) is 0 Å². The molecule has 0 radical (unpaired) electrons. The van der Waals surface area contributed by atoms with Gasteiger partial charge in [-0.25, -0.2) is 0 Å². The first-order valence-electron chi connectivity index (χ1n) is 8.74. The van der Waals surface area contributed by atoms with Crippen molar-refractivity contribution in [2.45, 2.75) is 39.3 Å². The van der Waals surface area contributed by atoms with Crippen LogP contribution >= 0.6 is 0 Å². The van der Waals surface area contributed by atoms with Gasteiger partial charge < -0.3 is 5.32 Å². The number of benzene rings is 2. The number of carbonyl (C=O) groups excluding carboxylic acids is 1. The first kappa shape index (κ1) is 18.2. The molecule has 3 heteroatoms. The van der Waals surface area contributed by atoms with Crippen molar-refractivity contribution >= 4 is 5.91 Å². The molecule has 3 nitrogen and oxygen atoms in total. The highest BCUT2D eigenvalue weighted by Gasteiger charge is 2.12. The van der Waals surface area contributed by atoms with Crippen molar-refractivity contribution in [3.63, 3.8) is 0 Å². The van der Waals surface area contributed by atoms with Crippen molar-refractivity contribution in [3.8, 4) is 0 Å². The second-order valence-corrected chi connectivity index (χ2v) is 6.39. The minimum atomic E-state index is 0.129. The van der Waals surface area contributed by atoms with E-state index in [1.165, 1.54) is 11.1 Å². The fourth-order valence-electron chi connectivity index (χ4n) is 2.66. The van der Waals surface area contributed by atoms with Gasteiger partial charge in [-0.05, 0) is 31.4 Å². The van der Waals surface area contributed by atoms with Crippen LogP contribution in [0, 0.1) is 0 Å². The van der Waals surface area contributed by atoms with Gasteiger partial charge in [0.15, 0.2) is 0 Å². The molecule has 2 aromatic rings. The van der Waals surface area contributed by atoms with Crippen LogP contribution in [0.3, 0.4) is 0 Å². The summed E-state index contributed by atoms with van der Waals surface area (Å²) < 4.78 is 0. The van der Waals surface area contributed by atoms with Gasteiger partial charge >= 0.3 is 0 Å². The van der Waals surface area contributed by atoms with Crippen LogP contribution < -0.4 is 5.32 Å². The fourth-order valence-corrected chi connectivity index (χ4v) is 2.66. The predicted molar refractivity (Wildman–Crippen MR) is 99.8 cm³/mol. The van der Waals surface area contributed by atoms with E-state index >= 15 is 0 Å². The van der Waals surface area contributed by atoms with E-state index in [2.05, 4.69) is 60.5 Å². The zero-order valence-corrected chi connectivity index (χ0v) is 14.7. The molecule has 0 unspecified atom stereocenters. The van der Waals surface area contributed by atoms with Gasteiger partial charge in [0.1, 0.15) is 0 Å². The maximum Gasteiger partial charge on any atom is 0.221 e. The summed E-state index contributed by atoms with van der Waals surface area (Å²) in [6.45, 7) is 6.72. The van der Waals surface area contributed by atoms with Crippen LogP contribution in [0.25, 0.3) is 0 Å². The molecule has 0 fully saturated rings. The van der Waals surface area contributed by atoms with E-state index in [9.17, 15) is 4.79 Å². The predicted octanol–water partition coefficient (Wildman–Crippen LogP) is 3.65. The largest absolute Gasteiger partial charge is 0.356 e. The van der Waals surface area contributed by atoms with Crippen molar-refractivity contribution in [3.05, 3.63) is 71.8 Å². The van der Waals surface area contributed by atoms with Crippen molar-refractivity contribution in [2.75, 3.05) is 13.1 Å². The average Bonchev–Trinajstić information content (AvgIpc) is 2.60. The van der Waals surface area contributed by atoms with Crippen LogP contribution in [0.4, 0.5) is 0 Å². The molecular formula is C21H28N2O. The number of hydrogen-bond acceptors (Lipinski definition) is 2. The normalized spacial score (nSPS) is 11.0. The zero-order chi connectivity index (χ0) is 17.2. The summed E-state index contributed by atoms with van der Waals surface area (Å²) in [5.74, 6) is 0.129. The smallest absolute Gasteiger partial charge is 0.221 e. The minimum absolute atomic E-state index is 0.129. The van der Waals surface area contributed by atoms with Crippen molar-refractivity contribution < 1.29 is 4.79 Å². The Bertz CT molecular complexity index is 596. The molecule has 1 amide bonds. The molecular weight excluding hydrogens is 296 g/mol. The summed E-state index contributed by atoms with van der Waals surface area (Å²) in [7, 11) is 0. The van der Waals surface area contributed by atoms with Gasteiger partial charge in [0, 0.05) is 32.1 Å². The standard InChI is InChI=1S/C21H28N2O/c1-18(2)23(17-20-11-7-4-8-12-20)16-14-21(24)22-15-13-19-9-5-3-6-10-19/h3-12,18H,13-17H2,1-2H3,(H,22,24). The number of rotatable bonds is 9. The zero-order valence-electron chi connectivity index (χ0n) is 14.7. The lowest BCUT2D eigenvalue weighted by atomic mass is 10.1. The van der Waals surface area contributed by atoms with Gasteiger partial charge in [-0.15, -0.1) is 0 Å². The van der Waals surface area contributed by atoms with E-state index in [0.717, 1.165) is 19.5 Å². The van der Waals surface area contributed by atoms with Gasteiger partial charge in [-0.2, -0.15) is 0 Å². The molecule has 2 rings (SSSR count). The maximum absolute atomic E-state index is 12.1. The second-order valence-electron chi connectivity index (χ2n) is 6.39. The molecule has 2 aromatic carbocycles. The molecule has 1 N–H and O–H groups in total. The molecule has 0 heterocycles. The van der Waals surface area contributed by atoms with E-state index < -0.39 is 0 Å². The lowest BCUT2D eigenvalue weighted by Crippen LogP contribution is -2.35. The van der Waals surface area contributed by atoms with Crippen LogP contribution in [0.1, 0.15) is 31.4 Å². The molecule has 0 atom stereocenters. The number of nitrogens with zero attached hydrogens (tertiary/aromatic N) is 1. The third-order valence-electron chi connectivity index (χ3n) is 4.16. The second kappa shape index (κ2) is 9.89. The molecule has 24 heavy (non-hydrogen) atoms. The van der Waals surface area contributed by atoms with Crippen LogP contribution in [0.5, 0.6) is 0 Å². The Morgan fingerprint density at radius 1 is 0.958 bits per heavy atom. The summed E-state index contributed by atoms with van der Waals surface area (Å²) in [6.07, 6.45) is 1.42. The van der Waals surface area contributed by atoms with Crippen LogP contribution in [0.2, 0.25) is 0 Å². The third-order valence-corrected chi connectivity index (χ3v) is 4.16. The Labute approximate surface area is 145 Å². The van der Waals surface area contributed by atoms with Crippen molar-refractivity contribution in [1.29, 1.82) is 0 Å². The van der Waals surface area contributed by atoms with Crippen molar-refractivity contribution in [1.82, 2.24) is 10.2 Å². The molecule has 0 saturated heterocycles. The first-order valence-corrected chi connectivity index (χ1v) is 8.74. The molecule has 0 bridgehead atoms. The number of carbonyl (C=O) groups is 1. The minimum Gasteiger partial charge on any atom is -0.356 e. The third kappa shape index (κ3) is 6.55. The molecule has 128 valence electrons. The van der Waals surface area contributed by atoms with E-state index in [0.29, 0.717) is 19.0 Å². The van der Waals surface area contributed by atoms with E-state index in [1.807, 2.05) is 24.3 Å². The summed E-state index contributed by atoms with van der Waals surface area (Å²) in [5.41, 5.74) is 2.54. The summed E-state index contributed by atoms with van der Waals surface area (Å²) in [5, 5.41) is 3.02. The summed E-state index contributed by atoms with van der Waals surface area (Å²) in [4.78, 5) is 14.4. The van der Waals surface area contributed by atoms with E-state index in [-0.39, 0.29) is 5.91 Å². The quantitative estimate of drug-likeness (QED) is 0.764. The number of nitrogens with one attached hydrogen (secondary N) is 1. The molecule has 0 aliphatic rings. The molecule has 0 saturated carbocycles. The Morgan fingerprint density at radius 2 is 1.54 bits per heavy atom. The lowest BCUT2D eigenvalue weighted by molar-refractivity contribution is -0.121. The van der Waals surface area contributed by atoms with Crippen LogP contribution in [-0.4, -0.2) is 29.9 Å². The van der Waals surface area contributed by atoms with E-state index in [1.54, 1.807) is 0 Å². The lowest BCUT2D eigenvalue weighted by Gasteiger charge is -2.26. The van der Waals surface area contributed by atoms with Gasteiger partial charge in [0.25, 0.3) is 0 Å². The summed E-state index contributed by atoms with van der Waals surface area (Å²) >= 11 is 0. The first-order chi connectivity index (χ1) is 11.6. The fraction of sp³-hybridized carbons (Fsp3) is 0.381. The van der Waals surface area contributed by atoms with Crippen LogP contribution in [0.15, 0.2) is 60.7 Å².